The Morgan fingerprint density at radius 1 is 1.33 bits per heavy atom. The molecule has 0 atom stereocenters. The zero-order chi connectivity index (χ0) is 13.2. The number of nitrogens with zero attached hydrogens (tertiary/aromatic N) is 1. The highest BCUT2D eigenvalue weighted by atomic mass is 35.5. The number of rotatable bonds is 3. The van der Waals surface area contributed by atoms with Crippen molar-refractivity contribution in [1.82, 2.24) is 4.31 Å². The van der Waals surface area contributed by atoms with Crippen LogP contribution >= 0.6 is 23.4 Å². The molecule has 0 aliphatic carbocycles. The van der Waals surface area contributed by atoms with Gasteiger partial charge in [-0.2, -0.15) is 16.1 Å². The predicted octanol–water partition coefficient (Wildman–Crippen LogP) is 2.47. The Balaban J connectivity index is 2.40. The Morgan fingerprint density at radius 3 is 2.61 bits per heavy atom. The van der Waals surface area contributed by atoms with Crippen molar-refractivity contribution in [2.45, 2.75) is 17.7 Å². The van der Waals surface area contributed by atoms with Crippen molar-refractivity contribution >= 4 is 33.4 Å². The summed E-state index contributed by atoms with van der Waals surface area (Å²) < 4.78 is 26.7. The molecule has 1 heterocycles. The molecule has 18 heavy (non-hydrogen) atoms. The molecule has 2 rings (SSSR count). The maximum absolute atomic E-state index is 12.5. The van der Waals surface area contributed by atoms with E-state index < -0.39 is 10.0 Å². The number of alkyl halides is 1. The minimum absolute atomic E-state index is 0.338. The second-order valence-electron chi connectivity index (χ2n) is 4.19. The van der Waals surface area contributed by atoms with E-state index in [9.17, 15) is 8.42 Å². The Hall–Kier alpha value is -0.230. The van der Waals surface area contributed by atoms with E-state index in [1.54, 1.807) is 28.2 Å². The third kappa shape index (κ3) is 2.69. The molecule has 3 nitrogen and oxygen atoms in total. The van der Waals surface area contributed by atoms with Crippen molar-refractivity contribution in [3.63, 3.8) is 0 Å². The van der Waals surface area contributed by atoms with Gasteiger partial charge in [-0.3, -0.25) is 0 Å². The van der Waals surface area contributed by atoms with Gasteiger partial charge in [-0.15, -0.1) is 11.6 Å². The van der Waals surface area contributed by atoms with Gasteiger partial charge in [-0.25, -0.2) is 8.42 Å². The summed E-state index contributed by atoms with van der Waals surface area (Å²) in [6, 6.07) is 5.30. The molecule has 1 aromatic rings. The lowest BCUT2D eigenvalue weighted by atomic mass is 10.1. The van der Waals surface area contributed by atoms with Gasteiger partial charge in [0.15, 0.2) is 0 Å². The number of benzene rings is 1. The van der Waals surface area contributed by atoms with E-state index in [0.717, 1.165) is 22.6 Å². The second-order valence-corrected chi connectivity index (χ2v) is 7.59. The molecule has 0 bridgehead atoms. The minimum Gasteiger partial charge on any atom is -0.207 e. The molecule has 0 N–H and O–H groups in total. The number of thioether (sulfide) groups is 1. The van der Waals surface area contributed by atoms with Crippen LogP contribution in [0.2, 0.25) is 0 Å². The van der Waals surface area contributed by atoms with Crippen LogP contribution in [-0.2, 0) is 15.9 Å². The van der Waals surface area contributed by atoms with Crippen molar-refractivity contribution in [1.29, 1.82) is 0 Å². The monoisotopic (exact) mass is 305 g/mol. The summed E-state index contributed by atoms with van der Waals surface area (Å²) in [4.78, 5) is 0.396. The zero-order valence-electron chi connectivity index (χ0n) is 10.2. The SMILES string of the molecule is Cc1c(CCl)cccc1S(=O)(=O)N1CCSCC1. The first-order chi connectivity index (χ1) is 8.57. The molecule has 1 aliphatic rings. The molecule has 0 radical (unpaired) electrons. The number of sulfonamides is 1. The van der Waals surface area contributed by atoms with Gasteiger partial charge in [-0.05, 0) is 24.1 Å². The lowest BCUT2D eigenvalue weighted by Crippen LogP contribution is -2.38. The van der Waals surface area contributed by atoms with Gasteiger partial charge < -0.3 is 0 Å². The van der Waals surface area contributed by atoms with Crippen molar-refractivity contribution in [3.05, 3.63) is 29.3 Å². The first kappa shape index (κ1) is 14.2. The molecular weight excluding hydrogens is 290 g/mol. The van der Waals surface area contributed by atoms with Crippen molar-refractivity contribution in [2.75, 3.05) is 24.6 Å². The molecule has 1 aliphatic heterocycles. The molecule has 100 valence electrons. The van der Waals surface area contributed by atoms with Gasteiger partial charge >= 0.3 is 0 Å². The van der Waals surface area contributed by atoms with Gasteiger partial charge in [0.1, 0.15) is 0 Å². The fourth-order valence-electron chi connectivity index (χ4n) is 2.01. The molecular formula is C12H16ClNO2S2. The Bertz CT molecular complexity index is 525. The fraction of sp³-hybridized carbons (Fsp3) is 0.500. The number of hydrogen-bond donors (Lipinski definition) is 0. The fourth-order valence-corrected chi connectivity index (χ4v) is 5.14. The standard InChI is InChI=1S/C12H16ClNO2S2/c1-10-11(9-13)3-2-4-12(10)18(15,16)14-5-7-17-8-6-14/h2-4H,5-9H2,1H3. The molecule has 1 saturated heterocycles. The molecule has 0 saturated carbocycles. The molecule has 0 amide bonds. The van der Waals surface area contributed by atoms with Crippen LogP contribution in [-0.4, -0.2) is 37.3 Å². The Labute approximate surface area is 118 Å². The largest absolute Gasteiger partial charge is 0.243 e. The lowest BCUT2D eigenvalue weighted by Gasteiger charge is -2.26. The summed E-state index contributed by atoms with van der Waals surface area (Å²) in [5, 5.41) is 0. The first-order valence-electron chi connectivity index (χ1n) is 5.79. The van der Waals surface area contributed by atoms with Gasteiger partial charge in [0.25, 0.3) is 0 Å². The van der Waals surface area contributed by atoms with Crippen LogP contribution in [0.25, 0.3) is 0 Å². The average Bonchev–Trinajstić information content (AvgIpc) is 2.40. The topological polar surface area (TPSA) is 37.4 Å². The van der Waals surface area contributed by atoms with Gasteiger partial charge in [0.05, 0.1) is 4.90 Å². The summed E-state index contributed by atoms with van der Waals surface area (Å²) >= 11 is 7.62. The molecule has 1 aromatic carbocycles. The summed E-state index contributed by atoms with van der Waals surface area (Å²) in [7, 11) is -3.36. The highest BCUT2D eigenvalue weighted by Crippen LogP contribution is 2.25. The average molecular weight is 306 g/mol. The zero-order valence-corrected chi connectivity index (χ0v) is 12.6. The molecule has 6 heteroatoms. The van der Waals surface area contributed by atoms with Gasteiger partial charge in [0, 0.05) is 30.5 Å². The highest BCUT2D eigenvalue weighted by molar-refractivity contribution is 7.99. The first-order valence-corrected chi connectivity index (χ1v) is 8.92. The van der Waals surface area contributed by atoms with Gasteiger partial charge in [0.2, 0.25) is 10.0 Å². The summed E-state index contributed by atoms with van der Waals surface area (Å²) in [6.45, 7) is 3.01. The van der Waals surface area contributed by atoms with E-state index in [1.165, 1.54) is 0 Å². The molecule has 0 unspecified atom stereocenters. The van der Waals surface area contributed by atoms with Crippen LogP contribution in [0.1, 0.15) is 11.1 Å². The number of hydrogen-bond acceptors (Lipinski definition) is 3. The summed E-state index contributed by atoms with van der Waals surface area (Å²) in [5.74, 6) is 2.08. The molecule has 0 aromatic heterocycles. The quantitative estimate of drug-likeness (QED) is 0.805. The third-order valence-corrected chi connectivity index (χ3v) is 6.40. The van der Waals surface area contributed by atoms with Gasteiger partial charge in [-0.1, -0.05) is 12.1 Å². The maximum atomic E-state index is 12.5. The summed E-state index contributed by atoms with van der Waals surface area (Å²) in [5.41, 5.74) is 1.65. The van der Waals surface area contributed by atoms with Crippen molar-refractivity contribution in [2.24, 2.45) is 0 Å². The molecule has 1 fully saturated rings. The maximum Gasteiger partial charge on any atom is 0.243 e. The normalized spacial score (nSPS) is 17.9. The second kappa shape index (κ2) is 5.82. The van der Waals surface area contributed by atoms with E-state index in [1.807, 2.05) is 13.0 Å². The Morgan fingerprint density at radius 2 is 2.00 bits per heavy atom. The van der Waals surface area contributed by atoms with E-state index in [-0.39, 0.29) is 0 Å². The highest BCUT2D eigenvalue weighted by Gasteiger charge is 2.27. The van der Waals surface area contributed by atoms with Crippen LogP contribution < -0.4 is 0 Å². The molecule has 0 spiro atoms. The predicted molar refractivity (Wildman–Crippen MR) is 76.8 cm³/mol. The third-order valence-electron chi connectivity index (χ3n) is 3.13. The Kier molecular flexibility index (Phi) is 4.59. The minimum atomic E-state index is -3.36. The van der Waals surface area contributed by atoms with Crippen molar-refractivity contribution < 1.29 is 8.42 Å². The van der Waals surface area contributed by atoms with E-state index in [0.29, 0.717) is 23.9 Å². The van der Waals surface area contributed by atoms with Crippen LogP contribution in [0.3, 0.4) is 0 Å². The number of halogens is 1. The lowest BCUT2D eigenvalue weighted by molar-refractivity contribution is 0.443. The van der Waals surface area contributed by atoms with Crippen LogP contribution in [0, 0.1) is 6.92 Å². The van der Waals surface area contributed by atoms with Crippen LogP contribution in [0.4, 0.5) is 0 Å². The smallest absolute Gasteiger partial charge is 0.207 e. The summed E-state index contributed by atoms with van der Waals surface area (Å²) in [6.07, 6.45) is 0. The van der Waals surface area contributed by atoms with E-state index >= 15 is 0 Å². The van der Waals surface area contributed by atoms with Crippen LogP contribution in [0.15, 0.2) is 23.1 Å². The van der Waals surface area contributed by atoms with E-state index in [4.69, 9.17) is 11.6 Å². The van der Waals surface area contributed by atoms with Crippen molar-refractivity contribution in [3.8, 4) is 0 Å². The van der Waals surface area contributed by atoms with E-state index in [2.05, 4.69) is 0 Å². The van der Waals surface area contributed by atoms with Crippen LogP contribution in [0.5, 0.6) is 0 Å².